The van der Waals surface area contributed by atoms with Crippen molar-refractivity contribution >= 4 is 22.2 Å². The van der Waals surface area contributed by atoms with Crippen molar-refractivity contribution in [2.45, 2.75) is 13.3 Å². The molecule has 0 saturated carbocycles. The van der Waals surface area contributed by atoms with E-state index in [0.717, 1.165) is 28.4 Å². The third-order valence-electron chi connectivity index (χ3n) is 3.85. The predicted octanol–water partition coefficient (Wildman–Crippen LogP) is 4.92. The number of fused-ring (bicyclic) bond motifs is 1. The van der Waals surface area contributed by atoms with E-state index in [0.29, 0.717) is 0 Å². The lowest BCUT2D eigenvalue weighted by Gasteiger charge is -1.99. The number of hydrogen-bond donors (Lipinski definition) is 1. The number of hydrogen-bond acceptors (Lipinski definition) is 3. The number of pyridine rings is 1. The molecular weight excluding hydrogens is 290 g/mol. The fourth-order valence-electron chi connectivity index (χ4n) is 2.73. The summed E-state index contributed by atoms with van der Waals surface area (Å²) in [6.07, 6.45) is 4.88. The van der Waals surface area contributed by atoms with E-state index in [-0.39, 0.29) is 0 Å². The Kier molecular flexibility index (Phi) is 3.24. The number of benzene rings is 1. The summed E-state index contributed by atoms with van der Waals surface area (Å²) >= 11 is 1.63. The van der Waals surface area contributed by atoms with E-state index in [4.69, 9.17) is 4.98 Å². The van der Waals surface area contributed by atoms with Gasteiger partial charge < -0.3 is 4.98 Å². The minimum Gasteiger partial charge on any atom is -0.360 e. The molecule has 0 fully saturated rings. The SMILES string of the molecule is CCc1cccc2c(-c3csc(-c4ccccn4)n3)c[nH]c12. The zero-order valence-electron chi connectivity index (χ0n) is 12.2. The largest absolute Gasteiger partial charge is 0.360 e. The molecule has 0 spiro atoms. The van der Waals surface area contributed by atoms with Crippen LogP contribution in [0.15, 0.2) is 54.2 Å². The molecule has 0 radical (unpaired) electrons. The van der Waals surface area contributed by atoms with Crippen LogP contribution in [0, 0.1) is 0 Å². The Morgan fingerprint density at radius 2 is 2.05 bits per heavy atom. The molecule has 0 saturated heterocycles. The maximum atomic E-state index is 4.76. The van der Waals surface area contributed by atoms with Crippen molar-refractivity contribution in [3.63, 3.8) is 0 Å². The van der Waals surface area contributed by atoms with Gasteiger partial charge in [-0.3, -0.25) is 4.98 Å². The van der Waals surface area contributed by atoms with Crippen molar-refractivity contribution in [3.05, 3.63) is 59.7 Å². The Balaban J connectivity index is 1.82. The molecule has 1 N–H and O–H groups in total. The molecule has 108 valence electrons. The van der Waals surface area contributed by atoms with Crippen LogP contribution in [0.4, 0.5) is 0 Å². The lowest BCUT2D eigenvalue weighted by molar-refractivity contribution is 1.15. The minimum absolute atomic E-state index is 0.924. The lowest BCUT2D eigenvalue weighted by Crippen LogP contribution is -1.83. The highest BCUT2D eigenvalue weighted by molar-refractivity contribution is 7.13. The van der Waals surface area contributed by atoms with Crippen LogP contribution in [0.25, 0.3) is 32.9 Å². The number of aromatic nitrogens is 3. The van der Waals surface area contributed by atoms with Crippen LogP contribution >= 0.6 is 11.3 Å². The number of H-pyrrole nitrogens is 1. The van der Waals surface area contributed by atoms with Gasteiger partial charge in [0.2, 0.25) is 0 Å². The molecule has 1 aromatic carbocycles. The molecule has 3 heterocycles. The van der Waals surface area contributed by atoms with Crippen LogP contribution in [0.1, 0.15) is 12.5 Å². The molecule has 0 bridgehead atoms. The third-order valence-corrected chi connectivity index (χ3v) is 4.71. The van der Waals surface area contributed by atoms with Crippen LogP contribution in [0.3, 0.4) is 0 Å². The van der Waals surface area contributed by atoms with Crippen molar-refractivity contribution in [3.8, 4) is 22.0 Å². The quantitative estimate of drug-likeness (QED) is 0.584. The van der Waals surface area contributed by atoms with Crippen LogP contribution < -0.4 is 0 Å². The monoisotopic (exact) mass is 305 g/mol. The van der Waals surface area contributed by atoms with Gasteiger partial charge in [0.05, 0.1) is 11.4 Å². The van der Waals surface area contributed by atoms with Gasteiger partial charge in [-0.2, -0.15) is 0 Å². The molecular formula is C18H15N3S. The maximum absolute atomic E-state index is 4.76. The summed E-state index contributed by atoms with van der Waals surface area (Å²) in [5.74, 6) is 0. The second-order valence-corrected chi connectivity index (χ2v) is 6.01. The Morgan fingerprint density at radius 3 is 2.86 bits per heavy atom. The average Bonchev–Trinajstić information content (AvgIpc) is 3.22. The Hall–Kier alpha value is -2.46. The highest BCUT2D eigenvalue weighted by atomic mass is 32.1. The summed E-state index contributed by atoms with van der Waals surface area (Å²) < 4.78 is 0. The van der Waals surface area contributed by atoms with E-state index in [1.165, 1.54) is 16.5 Å². The Morgan fingerprint density at radius 1 is 1.09 bits per heavy atom. The second kappa shape index (κ2) is 5.39. The molecule has 0 aliphatic carbocycles. The van der Waals surface area contributed by atoms with E-state index in [1.54, 1.807) is 17.5 Å². The molecule has 0 unspecified atom stereocenters. The van der Waals surface area contributed by atoms with Gasteiger partial charge in [-0.05, 0) is 24.1 Å². The summed E-state index contributed by atoms with van der Waals surface area (Å²) in [6.45, 7) is 2.18. The predicted molar refractivity (Wildman–Crippen MR) is 92.0 cm³/mol. The Bertz CT molecular complexity index is 922. The van der Waals surface area contributed by atoms with Gasteiger partial charge in [-0.25, -0.2) is 4.98 Å². The van der Waals surface area contributed by atoms with E-state index in [1.807, 2.05) is 18.2 Å². The van der Waals surface area contributed by atoms with Crippen molar-refractivity contribution in [1.29, 1.82) is 0 Å². The second-order valence-electron chi connectivity index (χ2n) is 5.15. The van der Waals surface area contributed by atoms with E-state index < -0.39 is 0 Å². The summed E-state index contributed by atoms with van der Waals surface area (Å²) in [6, 6.07) is 12.3. The molecule has 0 aliphatic rings. The van der Waals surface area contributed by atoms with Gasteiger partial charge in [0.25, 0.3) is 0 Å². The highest BCUT2D eigenvalue weighted by Gasteiger charge is 2.12. The fraction of sp³-hybridized carbons (Fsp3) is 0.111. The molecule has 4 aromatic rings. The van der Waals surface area contributed by atoms with Crippen LogP contribution in [-0.2, 0) is 6.42 Å². The molecule has 3 aromatic heterocycles. The van der Waals surface area contributed by atoms with Gasteiger partial charge in [0, 0.05) is 34.2 Å². The number of nitrogens with zero attached hydrogens (tertiary/aromatic N) is 2. The summed E-state index contributed by atoms with van der Waals surface area (Å²) in [4.78, 5) is 12.5. The first kappa shape index (κ1) is 13.2. The van der Waals surface area contributed by atoms with E-state index in [9.17, 15) is 0 Å². The number of aryl methyl sites for hydroxylation is 1. The lowest BCUT2D eigenvalue weighted by atomic mass is 10.1. The first-order valence-electron chi connectivity index (χ1n) is 7.33. The first-order valence-corrected chi connectivity index (χ1v) is 8.21. The fourth-order valence-corrected chi connectivity index (χ4v) is 3.52. The van der Waals surface area contributed by atoms with Crippen molar-refractivity contribution in [2.75, 3.05) is 0 Å². The van der Waals surface area contributed by atoms with E-state index in [2.05, 4.69) is 46.7 Å². The molecule has 0 amide bonds. The molecule has 3 nitrogen and oxygen atoms in total. The van der Waals surface area contributed by atoms with Crippen LogP contribution in [0.5, 0.6) is 0 Å². The van der Waals surface area contributed by atoms with Crippen LogP contribution in [0.2, 0.25) is 0 Å². The summed E-state index contributed by atoms with van der Waals surface area (Å²) in [5, 5.41) is 4.29. The van der Waals surface area contributed by atoms with Gasteiger partial charge in [0.15, 0.2) is 0 Å². The number of nitrogens with one attached hydrogen (secondary N) is 1. The van der Waals surface area contributed by atoms with Crippen LogP contribution in [-0.4, -0.2) is 15.0 Å². The average molecular weight is 305 g/mol. The summed E-state index contributed by atoms with van der Waals surface area (Å²) in [7, 11) is 0. The standard InChI is InChI=1S/C18H15N3S/c1-2-12-6-5-7-13-14(10-20-17(12)13)16-11-22-18(21-16)15-8-3-4-9-19-15/h3-11,20H,2H2,1H3. The molecule has 4 rings (SSSR count). The van der Waals surface area contributed by atoms with E-state index >= 15 is 0 Å². The number of aromatic amines is 1. The highest BCUT2D eigenvalue weighted by Crippen LogP contribution is 2.33. The number of thiazole rings is 1. The van der Waals surface area contributed by atoms with Crippen molar-refractivity contribution in [2.24, 2.45) is 0 Å². The molecule has 22 heavy (non-hydrogen) atoms. The topological polar surface area (TPSA) is 41.6 Å². The number of rotatable bonds is 3. The first-order chi connectivity index (χ1) is 10.9. The smallest absolute Gasteiger partial charge is 0.142 e. The maximum Gasteiger partial charge on any atom is 0.142 e. The molecule has 0 aliphatic heterocycles. The Labute approximate surface area is 132 Å². The normalized spacial score (nSPS) is 11.1. The third kappa shape index (κ3) is 2.12. The van der Waals surface area contributed by atoms with Gasteiger partial charge in [0.1, 0.15) is 5.01 Å². The van der Waals surface area contributed by atoms with Gasteiger partial charge >= 0.3 is 0 Å². The van der Waals surface area contributed by atoms with Gasteiger partial charge in [-0.15, -0.1) is 11.3 Å². The zero-order valence-corrected chi connectivity index (χ0v) is 13.0. The number of para-hydroxylation sites is 1. The van der Waals surface area contributed by atoms with Gasteiger partial charge in [-0.1, -0.05) is 31.2 Å². The molecule has 0 atom stereocenters. The molecule has 4 heteroatoms. The van der Waals surface area contributed by atoms with Crippen molar-refractivity contribution < 1.29 is 0 Å². The zero-order chi connectivity index (χ0) is 14.9. The summed E-state index contributed by atoms with van der Waals surface area (Å²) in [5.41, 5.74) is 5.64. The van der Waals surface area contributed by atoms with Crippen molar-refractivity contribution in [1.82, 2.24) is 15.0 Å². The minimum atomic E-state index is 0.924.